The van der Waals surface area contributed by atoms with E-state index < -0.39 is 0 Å². The third-order valence-corrected chi connectivity index (χ3v) is 6.07. The lowest BCUT2D eigenvalue weighted by Crippen LogP contribution is -2.39. The summed E-state index contributed by atoms with van der Waals surface area (Å²) in [6, 6.07) is 10.3. The normalized spacial score (nSPS) is 21.8. The molecule has 0 bridgehead atoms. The predicted molar refractivity (Wildman–Crippen MR) is 104 cm³/mol. The molecule has 2 saturated heterocycles. The quantitative estimate of drug-likeness (QED) is 0.733. The number of rotatable bonds is 7. The number of carbonyl (C=O) groups is 2. The van der Waals surface area contributed by atoms with Crippen LogP contribution in [0.4, 0.5) is 0 Å². The molecule has 2 aliphatic rings. The van der Waals surface area contributed by atoms with E-state index >= 15 is 0 Å². The standard InChI is InChI=1S/C21H27N5O2/c27-19(7-4-11-26-17-22-16-23-26)25-14-10-21(15-25)9-13-24(20(21)28)12-8-18-5-2-1-3-6-18/h1-3,5-6,16-17H,4,7-15H2. The van der Waals surface area contributed by atoms with E-state index in [4.69, 9.17) is 0 Å². The van der Waals surface area contributed by atoms with Gasteiger partial charge in [-0.05, 0) is 31.2 Å². The summed E-state index contributed by atoms with van der Waals surface area (Å²) in [4.78, 5) is 33.4. The molecule has 1 spiro atoms. The minimum Gasteiger partial charge on any atom is -0.342 e. The molecular formula is C21H27N5O2. The minimum atomic E-state index is -0.349. The van der Waals surface area contributed by atoms with E-state index in [-0.39, 0.29) is 17.2 Å². The second-order valence-corrected chi connectivity index (χ2v) is 7.89. The second-order valence-electron chi connectivity index (χ2n) is 7.89. The van der Waals surface area contributed by atoms with Crippen LogP contribution in [0.3, 0.4) is 0 Å². The van der Waals surface area contributed by atoms with E-state index in [0.29, 0.717) is 26.1 Å². The fourth-order valence-electron chi connectivity index (χ4n) is 4.38. The maximum atomic E-state index is 13.1. The second kappa shape index (κ2) is 8.12. The molecule has 7 nitrogen and oxygen atoms in total. The van der Waals surface area contributed by atoms with Crippen molar-refractivity contribution < 1.29 is 9.59 Å². The number of aryl methyl sites for hydroxylation is 1. The van der Waals surface area contributed by atoms with E-state index in [1.165, 1.54) is 11.9 Å². The molecule has 7 heteroatoms. The number of aromatic nitrogens is 3. The molecule has 3 heterocycles. The van der Waals surface area contributed by atoms with Gasteiger partial charge in [0.15, 0.2) is 0 Å². The maximum absolute atomic E-state index is 13.1. The molecule has 1 aromatic carbocycles. The lowest BCUT2D eigenvalue weighted by atomic mass is 9.85. The summed E-state index contributed by atoms with van der Waals surface area (Å²) in [5, 5.41) is 4.06. The Balaban J connectivity index is 1.26. The van der Waals surface area contributed by atoms with Crippen molar-refractivity contribution in [3.05, 3.63) is 48.5 Å². The fraction of sp³-hybridized carbons (Fsp3) is 0.524. The summed E-state index contributed by atoms with van der Waals surface area (Å²) < 4.78 is 1.74. The van der Waals surface area contributed by atoms with E-state index in [0.717, 1.165) is 38.8 Å². The number of benzene rings is 1. The third kappa shape index (κ3) is 3.93. The Labute approximate surface area is 165 Å². The number of hydrogen-bond acceptors (Lipinski definition) is 4. The predicted octanol–water partition coefficient (Wildman–Crippen LogP) is 1.75. The van der Waals surface area contributed by atoms with Crippen LogP contribution in [0.15, 0.2) is 43.0 Å². The van der Waals surface area contributed by atoms with Gasteiger partial charge >= 0.3 is 0 Å². The van der Waals surface area contributed by atoms with Crippen LogP contribution in [0.1, 0.15) is 31.2 Å². The van der Waals surface area contributed by atoms with Crippen molar-refractivity contribution in [1.29, 1.82) is 0 Å². The first-order chi connectivity index (χ1) is 13.7. The van der Waals surface area contributed by atoms with Gasteiger partial charge in [0, 0.05) is 39.1 Å². The Hall–Kier alpha value is -2.70. The van der Waals surface area contributed by atoms with Gasteiger partial charge in [-0.15, -0.1) is 0 Å². The van der Waals surface area contributed by atoms with Crippen LogP contribution in [0.25, 0.3) is 0 Å². The van der Waals surface area contributed by atoms with Crippen LogP contribution in [-0.4, -0.2) is 62.6 Å². The highest BCUT2D eigenvalue weighted by molar-refractivity contribution is 5.87. The van der Waals surface area contributed by atoms with Crippen molar-refractivity contribution in [2.45, 2.75) is 38.6 Å². The van der Waals surface area contributed by atoms with Gasteiger partial charge in [0.1, 0.15) is 12.7 Å². The zero-order valence-electron chi connectivity index (χ0n) is 16.2. The van der Waals surface area contributed by atoms with Crippen LogP contribution in [0.5, 0.6) is 0 Å². The Kier molecular flexibility index (Phi) is 5.41. The highest BCUT2D eigenvalue weighted by atomic mass is 16.2. The highest BCUT2D eigenvalue weighted by Gasteiger charge is 2.51. The summed E-state index contributed by atoms with van der Waals surface area (Å²) in [6.45, 7) is 3.53. The van der Waals surface area contributed by atoms with Crippen molar-refractivity contribution in [1.82, 2.24) is 24.6 Å². The van der Waals surface area contributed by atoms with Crippen molar-refractivity contribution in [3.8, 4) is 0 Å². The molecule has 0 saturated carbocycles. The van der Waals surface area contributed by atoms with Crippen molar-refractivity contribution in [2.24, 2.45) is 5.41 Å². The first kappa shape index (κ1) is 18.7. The SMILES string of the molecule is O=C(CCCn1cncn1)N1CCC2(CCN(CCc3ccccc3)C2=O)C1. The topological polar surface area (TPSA) is 71.3 Å². The summed E-state index contributed by atoms with van der Waals surface area (Å²) in [6.07, 6.45) is 6.93. The molecule has 4 rings (SSSR count). The van der Waals surface area contributed by atoms with E-state index in [1.807, 2.05) is 28.0 Å². The molecule has 2 aromatic rings. The summed E-state index contributed by atoms with van der Waals surface area (Å²) in [5.41, 5.74) is 0.907. The molecule has 2 amide bonds. The van der Waals surface area contributed by atoms with Gasteiger partial charge in [-0.2, -0.15) is 5.10 Å². The molecule has 0 radical (unpaired) electrons. The zero-order valence-corrected chi connectivity index (χ0v) is 16.2. The van der Waals surface area contributed by atoms with Gasteiger partial charge < -0.3 is 9.80 Å². The van der Waals surface area contributed by atoms with Crippen LogP contribution < -0.4 is 0 Å². The summed E-state index contributed by atoms with van der Waals surface area (Å²) in [7, 11) is 0. The van der Waals surface area contributed by atoms with Crippen LogP contribution in [0, 0.1) is 5.41 Å². The van der Waals surface area contributed by atoms with E-state index in [9.17, 15) is 9.59 Å². The van der Waals surface area contributed by atoms with Crippen molar-refractivity contribution in [3.63, 3.8) is 0 Å². The van der Waals surface area contributed by atoms with Crippen LogP contribution in [0.2, 0.25) is 0 Å². The van der Waals surface area contributed by atoms with Crippen molar-refractivity contribution in [2.75, 3.05) is 26.2 Å². The number of carbonyl (C=O) groups excluding carboxylic acids is 2. The fourth-order valence-corrected chi connectivity index (χ4v) is 4.38. The van der Waals surface area contributed by atoms with Crippen LogP contribution >= 0.6 is 0 Å². The molecule has 28 heavy (non-hydrogen) atoms. The summed E-state index contributed by atoms with van der Waals surface area (Å²) >= 11 is 0. The largest absolute Gasteiger partial charge is 0.342 e. The highest BCUT2D eigenvalue weighted by Crippen LogP contribution is 2.40. The zero-order chi connectivity index (χ0) is 19.4. The monoisotopic (exact) mass is 381 g/mol. The molecule has 2 aliphatic heterocycles. The number of amides is 2. The Morgan fingerprint density at radius 2 is 1.93 bits per heavy atom. The minimum absolute atomic E-state index is 0.146. The van der Waals surface area contributed by atoms with Gasteiger partial charge in [-0.25, -0.2) is 4.98 Å². The first-order valence-electron chi connectivity index (χ1n) is 10.1. The number of hydrogen-bond donors (Lipinski definition) is 0. The average molecular weight is 381 g/mol. The van der Waals surface area contributed by atoms with Gasteiger partial charge in [-0.1, -0.05) is 30.3 Å². The Bertz CT molecular complexity index is 807. The van der Waals surface area contributed by atoms with Gasteiger partial charge in [0.05, 0.1) is 5.41 Å². The van der Waals surface area contributed by atoms with E-state index in [2.05, 4.69) is 22.2 Å². The molecule has 1 atom stereocenters. The van der Waals surface area contributed by atoms with Crippen LogP contribution in [-0.2, 0) is 22.6 Å². The molecule has 1 unspecified atom stereocenters. The van der Waals surface area contributed by atoms with Gasteiger partial charge in [0.25, 0.3) is 0 Å². The van der Waals surface area contributed by atoms with Crippen molar-refractivity contribution >= 4 is 11.8 Å². The average Bonchev–Trinajstić information content (AvgIpc) is 3.45. The number of likely N-dealkylation sites (tertiary alicyclic amines) is 2. The lowest BCUT2D eigenvalue weighted by Gasteiger charge is -2.24. The summed E-state index contributed by atoms with van der Waals surface area (Å²) in [5.74, 6) is 0.383. The first-order valence-corrected chi connectivity index (χ1v) is 10.1. The molecule has 2 fully saturated rings. The molecule has 0 aliphatic carbocycles. The maximum Gasteiger partial charge on any atom is 0.230 e. The molecule has 1 aromatic heterocycles. The smallest absolute Gasteiger partial charge is 0.230 e. The van der Waals surface area contributed by atoms with E-state index in [1.54, 1.807) is 11.0 Å². The Morgan fingerprint density at radius 1 is 1.11 bits per heavy atom. The van der Waals surface area contributed by atoms with Gasteiger partial charge in [-0.3, -0.25) is 14.3 Å². The number of nitrogens with zero attached hydrogens (tertiary/aromatic N) is 5. The lowest BCUT2D eigenvalue weighted by molar-refractivity contribution is -0.136. The molecule has 0 N–H and O–H groups in total. The molecular weight excluding hydrogens is 354 g/mol. The molecule has 148 valence electrons. The van der Waals surface area contributed by atoms with Gasteiger partial charge in [0.2, 0.25) is 11.8 Å². The Morgan fingerprint density at radius 3 is 2.71 bits per heavy atom. The third-order valence-electron chi connectivity index (χ3n) is 6.07.